The van der Waals surface area contributed by atoms with Gasteiger partial charge in [-0.05, 0) is 44.2 Å². The van der Waals surface area contributed by atoms with Gasteiger partial charge in [0, 0.05) is 6.07 Å². The number of rotatable bonds is 7. The number of ether oxygens (including phenoxy) is 2. The molecule has 10 heteroatoms. The van der Waals surface area contributed by atoms with Crippen LogP contribution in [-0.4, -0.2) is 31.6 Å². The van der Waals surface area contributed by atoms with E-state index in [1.165, 1.54) is 24.3 Å². The predicted octanol–water partition coefficient (Wildman–Crippen LogP) is 1.81. The van der Waals surface area contributed by atoms with E-state index in [-0.39, 0.29) is 16.1 Å². The van der Waals surface area contributed by atoms with Crippen LogP contribution in [0.3, 0.4) is 0 Å². The number of benzene rings is 2. The van der Waals surface area contributed by atoms with Gasteiger partial charge >= 0.3 is 11.1 Å². The summed E-state index contributed by atoms with van der Waals surface area (Å²) in [5.74, 6) is 0.845. The molecule has 3 N–H and O–H groups in total. The molecule has 1 aromatic heterocycles. The second-order valence-corrected chi connectivity index (χ2v) is 7.43. The largest absolute Gasteiger partial charge is 0.494 e. The fourth-order valence-corrected chi connectivity index (χ4v) is 3.68. The minimum atomic E-state index is -4.00. The molecule has 2 aromatic carbocycles. The smallest absolute Gasteiger partial charge is 0.314 e. The molecule has 0 aliphatic rings. The van der Waals surface area contributed by atoms with Crippen molar-refractivity contribution in [2.24, 2.45) is 0 Å². The molecule has 0 aliphatic carbocycles. The van der Waals surface area contributed by atoms with E-state index < -0.39 is 21.1 Å². The molecule has 1 heterocycles. The van der Waals surface area contributed by atoms with Crippen LogP contribution in [0.5, 0.6) is 11.5 Å². The van der Waals surface area contributed by atoms with E-state index in [1.54, 1.807) is 19.1 Å². The van der Waals surface area contributed by atoms with Gasteiger partial charge < -0.3 is 19.4 Å². The van der Waals surface area contributed by atoms with Crippen LogP contribution in [-0.2, 0) is 10.0 Å². The van der Waals surface area contributed by atoms with E-state index in [0.717, 1.165) is 0 Å². The molecular weight excluding hydrogens is 386 g/mol. The molecule has 3 rings (SSSR count). The molecule has 0 radical (unpaired) electrons. The Balaban J connectivity index is 2.02. The van der Waals surface area contributed by atoms with E-state index >= 15 is 0 Å². The fourth-order valence-electron chi connectivity index (χ4n) is 2.59. The highest BCUT2D eigenvalue weighted by Crippen LogP contribution is 2.31. The Hall–Kier alpha value is -3.27. The maximum absolute atomic E-state index is 12.9. The first-order valence-corrected chi connectivity index (χ1v) is 10.0. The van der Waals surface area contributed by atoms with Gasteiger partial charge in [-0.1, -0.05) is 0 Å². The van der Waals surface area contributed by atoms with Crippen molar-refractivity contribution in [2.75, 3.05) is 17.9 Å². The first-order valence-electron chi connectivity index (χ1n) is 8.53. The molecule has 0 spiro atoms. The number of sulfonamides is 1. The zero-order valence-electron chi connectivity index (χ0n) is 15.2. The summed E-state index contributed by atoms with van der Waals surface area (Å²) in [4.78, 5) is 27.5. The highest BCUT2D eigenvalue weighted by Gasteiger charge is 2.18. The normalized spacial score (nSPS) is 11.4. The SMILES string of the molecule is CCOc1ccc(OCC)c(NS(=O)(=O)c2ccc3[nH]c(=O)c(=O)[nH]c3c2)c1. The maximum atomic E-state index is 12.9. The van der Waals surface area contributed by atoms with Crippen molar-refractivity contribution < 1.29 is 17.9 Å². The van der Waals surface area contributed by atoms with Crippen molar-refractivity contribution in [2.45, 2.75) is 18.7 Å². The summed E-state index contributed by atoms with van der Waals surface area (Å²) in [7, 11) is -4.00. The second kappa shape index (κ2) is 7.77. The molecule has 0 saturated carbocycles. The molecule has 0 fully saturated rings. The van der Waals surface area contributed by atoms with Gasteiger partial charge in [0.15, 0.2) is 0 Å². The van der Waals surface area contributed by atoms with Gasteiger partial charge in [0.1, 0.15) is 11.5 Å². The number of aromatic nitrogens is 2. The van der Waals surface area contributed by atoms with Gasteiger partial charge in [-0.2, -0.15) is 0 Å². The Kier molecular flexibility index (Phi) is 5.41. The van der Waals surface area contributed by atoms with Crippen molar-refractivity contribution in [3.8, 4) is 11.5 Å². The number of H-pyrrole nitrogens is 2. The van der Waals surface area contributed by atoms with E-state index in [2.05, 4.69) is 14.7 Å². The van der Waals surface area contributed by atoms with E-state index in [9.17, 15) is 18.0 Å². The fraction of sp³-hybridized carbons (Fsp3) is 0.222. The van der Waals surface area contributed by atoms with Crippen LogP contribution >= 0.6 is 0 Å². The zero-order chi connectivity index (χ0) is 20.3. The van der Waals surface area contributed by atoms with Crippen LogP contribution in [0.2, 0.25) is 0 Å². The third-order valence-electron chi connectivity index (χ3n) is 3.81. The second-order valence-electron chi connectivity index (χ2n) is 5.75. The Labute approximate surface area is 160 Å². The monoisotopic (exact) mass is 405 g/mol. The van der Waals surface area contributed by atoms with Crippen LogP contribution in [0.4, 0.5) is 5.69 Å². The third-order valence-corrected chi connectivity index (χ3v) is 5.17. The lowest BCUT2D eigenvalue weighted by molar-refractivity contribution is 0.332. The average Bonchev–Trinajstić information content (AvgIpc) is 2.64. The van der Waals surface area contributed by atoms with Crippen LogP contribution < -0.4 is 25.3 Å². The molecule has 0 unspecified atom stereocenters. The standard InChI is InChI=1S/C18H19N3O6S/c1-3-26-11-5-8-16(27-4-2)15(9-11)21-28(24,25)12-6-7-13-14(10-12)20-18(23)17(22)19-13/h5-10,21H,3-4H2,1-2H3,(H,19,22)(H,20,23). The average molecular weight is 405 g/mol. The first-order chi connectivity index (χ1) is 13.3. The predicted molar refractivity (Wildman–Crippen MR) is 105 cm³/mol. The van der Waals surface area contributed by atoms with Gasteiger partial charge in [0.2, 0.25) is 0 Å². The Morgan fingerprint density at radius 1 is 0.893 bits per heavy atom. The van der Waals surface area contributed by atoms with Gasteiger partial charge in [-0.15, -0.1) is 0 Å². The third kappa shape index (κ3) is 4.01. The highest BCUT2D eigenvalue weighted by atomic mass is 32.2. The molecule has 3 aromatic rings. The van der Waals surface area contributed by atoms with E-state index in [1.807, 2.05) is 6.92 Å². The lowest BCUT2D eigenvalue weighted by Crippen LogP contribution is -2.29. The molecule has 0 atom stereocenters. The van der Waals surface area contributed by atoms with Crippen molar-refractivity contribution in [3.63, 3.8) is 0 Å². The summed E-state index contributed by atoms with van der Waals surface area (Å²) in [6, 6.07) is 8.83. The molecule has 0 amide bonds. The maximum Gasteiger partial charge on any atom is 0.314 e. The molecule has 9 nitrogen and oxygen atoms in total. The summed E-state index contributed by atoms with van der Waals surface area (Å²) in [6.45, 7) is 4.39. The van der Waals surface area contributed by atoms with Crippen molar-refractivity contribution in [1.29, 1.82) is 0 Å². The van der Waals surface area contributed by atoms with E-state index in [4.69, 9.17) is 9.47 Å². The summed E-state index contributed by atoms with van der Waals surface area (Å²) in [5, 5.41) is 0. The van der Waals surface area contributed by atoms with Crippen molar-refractivity contribution in [1.82, 2.24) is 9.97 Å². The van der Waals surface area contributed by atoms with Crippen LogP contribution in [0.25, 0.3) is 11.0 Å². The molecule has 0 bridgehead atoms. The molecule has 0 aliphatic heterocycles. The molecular formula is C18H19N3O6S. The topological polar surface area (TPSA) is 130 Å². The van der Waals surface area contributed by atoms with Crippen molar-refractivity contribution >= 4 is 26.7 Å². The lowest BCUT2D eigenvalue weighted by atomic mass is 10.3. The number of aromatic amines is 2. The summed E-state index contributed by atoms with van der Waals surface area (Å²) < 4.78 is 39.1. The lowest BCUT2D eigenvalue weighted by Gasteiger charge is -2.15. The van der Waals surface area contributed by atoms with Crippen LogP contribution in [0.1, 0.15) is 13.8 Å². The number of hydrogen-bond donors (Lipinski definition) is 3. The molecule has 28 heavy (non-hydrogen) atoms. The van der Waals surface area contributed by atoms with Gasteiger partial charge in [0.05, 0.1) is 34.8 Å². The van der Waals surface area contributed by atoms with Gasteiger partial charge in [-0.3, -0.25) is 14.3 Å². The zero-order valence-corrected chi connectivity index (χ0v) is 16.1. The van der Waals surface area contributed by atoms with Crippen molar-refractivity contribution in [3.05, 3.63) is 57.1 Å². The summed E-state index contributed by atoms with van der Waals surface area (Å²) in [6.07, 6.45) is 0. The number of fused-ring (bicyclic) bond motifs is 1. The van der Waals surface area contributed by atoms with E-state index in [0.29, 0.717) is 30.2 Å². The Morgan fingerprint density at radius 3 is 2.25 bits per heavy atom. The Bertz CT molecular complexity index is 1230. The molecule has 0 saturated heterocycles. The van der Waals surface area contributed by atoms with Gasteiger partial charge in [-0.25, -0.2) is 8.42 Å². The van der Waals surface area contributed by atoms with Crippen LogP contribution in [0.15, 0.2) is 50.9 Å². The highest BCUT2D eigenvalue weighted by molar-refractivity contribution is 7.92. The summed E-state index contributed by atoms with van der Waals surface area (Å²) >= 11 is 0. The molecule has 148 valence electrons. The minimum Gasteiger partial charge on any atom is -0.494 e. The number of nitrogens with one attached hydrogen (secondary N) is 3. The number of hydrogen-bond acceptors (Lipinski definition) is 6. The Morgan fingerprint density at radius 2 is 1.57 bits per heavy atom. The first kappa shape index (κ1) is 19.5. The van der Waals surface area contributed by atoms with Gasteiger partial charge in [0.25, 0.3) is 10.0 Å². The van der Waals surface area contributed by atoms with Crippen LogP contribution in [0, 0.1) is 0 Å². The minimum absolute atomic E-state index is 0.0908. The quantitative estimate of drug-likeness (QED) is 0.514. The summed E-state index contributed by atoms with van der Waals surface area (Å²) in [5.41, 5.74) is -0.936. The number of anilines is 1.